The summed E-state index contributed by atoms with van der Waals surface area (Å²) in [5, 5.41) is 6.57. The fourth-order valence-corrected chi connectivity index (χ4v) is 3.32. The van der Waals surface area contributed by atoms with Crippen LogP contribution in [0, 0.1) is 5.41 Å². The fraction of sp³-hybridized carbons (Fsp3) is 0.938. The number of carbonyl (C=O) groups excluding carboxylic acids is 1. The highest BCUT2D eigenvalue weighted by atomic mass is 16.6. The van der Waals surface area contributed by atoms with Gasteiger partial charge in [-0.1, -0.05) is 0 Å². The molecule has 2 aliphatic rings. The van der Waals surface area contributed by atoms with E-state index in [4.69, 9.17) is 9.47 Å². The Balaban J connectivity index is 1.68. The second kappa shape index (κ2) is 6.53. The molecule has 21 heavy (non-hydrogen) atoms. The zero-order valence-electron chi connectivity index (χ0n) is 13.8. The molecule has 0 aliphatic heterocycles. The number of carbonyl (C=O) groups is 1. The summed E-state index contributed by atoms with van der Waals surface area (Å²) in [6.07, 6.45) is 5.60. The summed E-state index contributed by atoms with van der Waals surface area (Å²) >= 11 is 0. The van der Waals surface area contributed by atoms with Crippen LogP contribution in [0.3, 0.4) is 0 Å². The molecule has 2 fully saturated rings. The van der Waals surface area contributed by atoms with E-state index in [2.05, 4.69) is 10.6 Å². The predicted octanol–water partition coefficient (Wildman–Crippen LogP) is 2.45. The third-order valence-electron chi connectivity index (χ3n) is 4.60. The number of amides is 1. The average Bonchev–Trinajstić information content (AvgIpc) is 3.02. The average molecular weight is 298 g/mol. The first-order valence-electron chi connectivity index (χ1n) is 8.06. The van der Waals surface area contributed by atoms with Gasteiger partial charge in [0.15, 0.2) is 0 Å². The van der Waals surface area contributed by atoms with E-state index in [1.165, 1.54) is 25.7 Å². The minimum absolute atomic E-state index is 0.273. The van der Waals surface area contributed by atoms with Crippen LogP contribution in [-0.2, 0) is 9.47 Å². The molecule has 0 bridgehead atoms. The maximum atomic E-state index is 11.8. The molecule has 1 atom stereocenters. The first kappa shape index (κ1) is 16.6. The smallest absolute Gasteiger partial charge is 0.407 e. The minimum Gasteiger partial charge on any atom is -0.444 e. The van der Waals surface area contributed by atoms with Crippen molar-refractivity contribution in [3.05, 3.63) is 0 Å². The summed E-state index contributed by atoms with van der Waals surface area (Å²) in [7, 11) is 1.73. The molecular formula is C16H30N2O3. The summed E-state index contributed by atoms with van der Waals surface area (Å²) in [6.45, 7) is 7.38. The summed E-state index contributed by atoms with van der Waals surface area (Å²) in [5.41, 5.74) is -0.0780. The van der Waals surface area contributed by atoms with Gasteiger partial charge in [-0.2, -0.15) is 0 Å². The van der Waals surface area contributed by atoms with Crippen LogP contribution in [0.1, 0.15) is 52.9 Å². The Kier molecular flexibility index (Phi) is 5.15. The van der Waals surface area contributed by atoms with Crippen molar-refractivity contribution in [2.75, 3.05) is 20.3 Å². The lowest BCUT2D eigenvalue weighted by Gasteiger charge is -2.30. The Morgan fingerprint density at radius 2 is 1.95 bits per heavy atom. The van der Waals surface area contributed by atoms with Crippen LogP contribution in [-0.4, -0.2) is 44.0 Å². The molecule has 0 saturated heterocycles. The predicted molar refractivity (Wildman–Crippen MR) is 82.3 cm³/mol. The fourth-order valence-electron chi connectivity index (χ4n) is 3.32. The van der Waals surface area contributed by atoms with Gasteiger partial charge >= 0.3 is 6.09 Å². The second-order valence-electron chi connectivity index (χ2n) is 7.49. The lowest BCUT2D eigenvalue weighted by molar-refractivity contribution is 0.0511. The lowest BCUT2D eigenvalue weighted by atomic mass is 9.83. The van der Waals surface area contributed by atoms with Crippen LogP contribution in [0.4, 0.5) is 4.79 Å². The number of hydrogen-bond donors (Lipinski definition) is 2. The molecule has 2 saturated carbocycles. The molecule has 0 aromatic rings. The first-order valence-corrected chi connectivity index (χ1v) is 8.06. The first-order chi connectivity index (χ1) is 9.85. The molecule has 0 aromatic carbocycles. The topological polar surface area (TPSA) is 59.6 Å². The third-order valence-corrected chi connectivity index (χ3v) is 4.60. The maximum absolute atomic E-state index is 11.8. The highest BCUT2D eigenvalue weighted by molar-refractivity contribution is 5.68. The highest BCUT2D eigenvalue weighted by Gasteiger charge is 2.55. The number of nitrogens with one attached hydrogen (secondary N) is 2. The van der Waals surface area contributed by atoms with Crippen molar-refractivity contribution < 1.29 is 14.3 Å². The number of rotatable bonds is 5. The maximum Gasteiger partial charge on any atom is 0.407 e. The van der Waals surface area contributed by atoms with Gasteiger partial charge in [0.1, 0.15) is 5.60 Å². The molecule has 122 valence electrons. The van der Waals surface area contributed by atoms with Crippen LogP contribution in [0.5, 0.6) is 0 Å². The van der Waals surface area contributed by atoms with E-state index in [-0.39, 0.29) is 6.09 Å². The molecule has 2 rings (SSSR count). The van der Waals surface area contributed by atoms with Gasteiger partial charge in [-0.15, -0.1) is 0 Å². The third kappa shape index (κ3) is 4.85. The van der Waals surface area contributed by atoms with Crippen molar-refractivity contribution >= 4 is 6.09 Å². The van der Waals surface area contributed by atoms with Gasteiger partial charge in [0.05, 0.1) is 6.61 Å². The molecule has 1 unspecified atom stereocenters. The Morgan fingerprint density at radius 1 is 1.29 bits per heavy atom. The van der Waals surface area contributed by atoms with E-state index in [0.29, 0.717) is 17.5 Å². The second-order valence-corrected chi connectivity index (χ2v) is 7.49. The van der Waals surface area contributed by atoms with E-state index in [1.807, 2.05) is 20.8 Å². The Hall–Kier alpha value is -0.810. The quantitative estimate of drug-likeness (QED) is 0.765. The van der Waals surface area contributed by atoms with Crippen molar-refractivity contribution in [1.29, 1.82) is 0 Å². The summed E-state index contributed by atoms with van der Waals surface area (Å²) in [6, 6.07) is 0.917. The molecule has 1 amide bonds. The zero-order chi connectivity index (χ0) is 15.5. The SMILES string of the molecule is COCCNC1CCC2(CC1)CC2NC(=O)OC(C)(C)C. The highest BCUT2D eigenvalue weighted by Crippen LogP contribution is 2.56. The van der Waals surface area contributed by atoms with Crippen LogP contribution >= 0.6 is 0 Å². The van der Waals surface area contributed by atoms with Crippen LogP contribution in [0.15, 0.2) is 0 Å². The molecule has 0 aromatic heterocycles. The monoisotopic (exact) mass is 298 g/mol. The Morgan fingerprint density at radius 3 is 2.52 bits per heavy atom. The minimum atomic E-state index is -0.422. The summed E-state index contributed by atoms with van der Waals surface area (Å²) in [5.74, 6) is 0. The van der Waals surface area contributed by atoms with Crippen molar-refractivity contribution in [1.82, 2.24) is 10.6 Å². The lowest BCUT2D eigenvalue weighted by Crippen LogP contribution is -2.39. The van der Waals surface area contributed by atoms with E-state index in [0.717, 1.165) is 19.6 Å². The van der Waals surface area contributed by atoms with Crippen LogP contribution in [0.2, 0.25) is 0 Å². The van der Waals surface area contributed by atoms with Gasteiger partial charge in [-0.05, 0) is 58.3 Å². The van der Waals surface area contributed by atoms with Crippen molar-refractivity contribution in [3.63, 3.8) is 0 Å². The van der Waals surface area contributed by atoms with Crippen LogP contribution < -0.4 is 10.6 Å². The van der Waals surface area contributed by atoms with Crippen molar-refractivity contribution in [3.8, 4) is 0 Å². The standard InChI is InChI=1S/C16H30N2O3/c1-15(2,3)21-14(19)18-13-11-16(13)7-5-12(6-8-16)17-9-10-20-4/h12-13,17H,5-11H2,1-4H3,(H,18,19). The van der Waals surface area contributed by atoms with E-state index >= 15 is 0 Å². The van der Waals surface area contributed by atoms with Gasteiger partial charge in [0.25, 0.3) is 0 Å². The molecule has 5 heteroatoms. The van der Waals surface area contributed by atoms with Crippen molar-refractivity contribution in [2.45, 2.75) is 70.6 Å². The zero-order valence-corrected chi connectivity index (χ0v) is 13.8. The van der Waals surface area contributed by atoms with E-state index in [9.17, 15) is 4.79 Å². The normalized spacial score (nSPS) is 32.0. The molecular weight excluding hydrogens is 268 g/mol. The van der Waals surface area contributed by atoms with Crippen LogP contribution in [0.25, 0.3) is 0 Å². The number of alkyl carbamates (subject to hydrolysis) is 1. The molecule has 5 nitrogen and oxygen atoms in total. The van der Waals surface area contributed by atoms with E-state index in [1.54, 1.807) is 7.11 Å². The number of hydrogen-bond acceptors (Lipinski definition) is 4. The summed E-state index contributed by atoms with van der Waals surface area (Å²) < 4.78 is 10.4. The molecule has 0 radical (unpaired) electrons. The van der Waals surface area contributed by atoms with Crippen molar-refractivity contribution in [2.24, 2.45) is 5.41 Å². The van der Waals surface area contributed by atoms with Gasteiger partial charge in [-0.3, -0.25) is 0 Å². The Labute approximate surface area is 128 Å². The van der Waals surface area contributed by atoms with E-state index < -0.39 is 5.60 Å². The molecule has 2 N–H and O–H groups in total. The molecule has 1 spiro atoms. The van der Waals surface area contributed by atoms with Gasteiger partial charge in [0, 0.05) is 25.7 Å². The Bertz CT molecular complexity index is 357. The van der Waals surface area contributed by atoms with Gasteiger partial charge < -0.3 is 20.1 Å². The van der Waals surface area contributed by atoms with Gasteiger partial charge in [0.2, 0.25) is 0 Å². The summed E-state index contributed by atoms with van der Waals surface area (Å²) in [4.78, 5) is 11.8. The molecule has 2 aliphatic carbocycles. The largest absolute Gasteiger partial charge is 0.444 e. The number of methoxy groups -OCH3 is 1. The number of ether oxygens (including phenoxy) is 2. The molecule has 0 heterocycles. The van der Waals surface area contributed by atoms with Gasteiger partial charge in [-0.25, -0.2) is 4.79 Å².